The van der Waals surface area contributed by atoms with Crippen LogP contribution in [0.2, 0.25) is 0 Å². The molecule has 6 nitrogen and oxygen atoms in total. The van der Waals surface area contributed by atoms with E-state index < -0.39 is 0 Å². The molecule has 2 aromatic carbocycles. The average Bonchev–Trinajstić information content (AvgIpc) is 2.86. The van der Waals surface area contributed by atoms with Gasteiger partial charge in [-0.2, -0.15) is 0 Å². The maximum absolute atomic E-state index is 12.9. The molecule has 0 saturated carbocycles. The molecular weight excluding hydrogens is 480 g/mol. The zero-order valence-electron chi connectivity index (χ0n) is 19.6. The maximum Gasteiger partial charge on any atom is 0.236 e. The van der Waals surface area contributed by atoms with Crippen LogP contribution < -0.4 is 4.74 Å². The highest BCUT2D eigenvalue weighted by Crippen LogP contribution is 2.28. The van der Waals surface area contributed by atoms with E-state index >= 15 is 0 Å². The molecule has 2 aliphatic rings. The summed E-state index contributed by atoms with van der Waals surface area (Å²) in [7, 11) is 1.71. The van der Waals surface area contributed by atoms with Gasteiger partial charge in [-0.25, -0.2) is 0 Å². The van der Waals surface area contributed by atoms with Crippen LogP contribution in [0.1, 0.15) is 11.1 Å². The van der Waals surface area contributed by atoms with Gasteiger partial charge in [-0.3, -0.25) is 14.6 Å². The molecule has 178 valence electrons. The Morgan fingerprint density at radius 3 is 2.21 bits per heavy atom. The highest BCUT2D eigenvalue weighted by Gasteiger charge is 2.25. The summed E-state index contributed by atoms with van der Waals surface area (Å²) in [5.41, 5.74) is 2.57. The Morgan fingerprint density at radius 2 is 1.52 bits per heavy atom. The van der Waals surface area contributed by atoms with Gasteiger partial charge in [0.15, 0.2) is 0 Å². The van der Waals surface area contributed by atoms with E-state index in [0.29, 0.717) is 6.54 Å². The second-order valence-electron chi connectivity index (χ2n) is 8.93. The van der Waals surface area contributed by atoms with Crippen LogP contribution in [0.4, 0.5) is 0 Å². The van der Waals surface area contributed by atoms with E-state index in [1.807, 2.05) is 17.0 Å². The molecule has 2 saturated heterocycles. The van der Waals surface area contributed by atoms with Crippen molar-refractivity contribution < 1.29 is 9.53 Å². The van der Waals surface area contributed by atoms with E-state index in [9.17, 15) is 4.79 Å². The molecule has 4 rings (SSSR count). The Morgan fingerprint density at radius 1 is 0.848 bits per heavy atom. The van der Waals surface area contributed by atoms with Crippen molar-refractivity contribution in [2.24, 2.45) is 0 Å². The number of piperazine rings is 2. The van der Waals surface area contributed by atoms with Crippen molar-refractivity contribution in [3.8, 4) is 5.75 Å². The SMILES string of the molecule is COc1cccc(Br)c1CN1CCN(C(=O)CN2CCN(CCc3ccccc3)CC2)CC1. The smallest absolute Gasteiger partial charge is 0.236 e. The van der Waals surface area contributed by atoms with Crippen LogP contribution in [0.3, 0.4) is 0 Å². The minimum atomic E-state index is 0.269. The van der Waals surface area contributed by atoms with Crippen molar-refractivity contribution in [1.29, 1.82) is 0 Å². The standard InChI is InChI=1S/C26H35BrN4O2/c1-33-25-9-5-8-24(27)23(25)20-29-16-18-31(19-17-29)26(32)21-30-14-12-28(13-15-30)11-10-22-6-3-2-4-7-22/h2-9H,10-21H2,1H3. The van der Waals surface area contributed by atoms with E-state index in [-0.39, 0.29) is 5.91 Å². The van der Waals surface area contributed by atoms with E-state index in [1.54, 1.807) is 7.11 Å². The third kappa shape index (κ3) is 6.79. The van der Waals surface area contributed by atoms with Gasteiger partial charge in [0.25, 0.3) is 0 Å². The molecule has 1 amide bonds. The number of amides is 1. The molecule has 0 aromatic heterocycles. The number of nitrogens with zero attached hydrogens (tertiary/aromatic N) is 4. The third-order valence-corrected chi connectivity index (χ3v) is 7.53. The average molecular weight is 515 g/mol. The zero-order chi connectivity index (χ0) is 23.0. The molecule has 33 heavy (non-hydrogen) atoms. The fourth-order valence-corrected chi connectivity index (χ4v) is 5.13. The number of carbonyl (C=O) groups is 1. The highest BCUT2D eigenvalue weighted by molar-refractivity contribution is 9.10. The van der Waals surface area contributed by atoms with Gasteiger partial charge in [-0.05, 0) is 24.1 Å². The number of hydrogen-bond acceptors (Lipinski definition) is 5. The number of methoxy groups -OCH3 is 1. The molecule has 2 aliphatic heterocycles. The van der Waals surface area contributed by atoms with Gasteiger partial charge in [0, 0.05) is 75.5 Å². The van der Waals surface area contributed by atoms with Crippen LogP contribution in [-0.4, -0.2) is 98.1 Å². The Bertz CT molecular complexity index is 894. The van der Waals surface area contributed by atoms with Gasteiger partial charge >= 0.3 is 0 Å². The second kappa shape index (κ2) is 12.0. The Labute approximate surface area is 206 Å². The molecule has 0 bridgehead atoms. The van der Waals surface area contributed by atoms with Crippen LogP contribution >= 0.6 is 15.9 Å². The summed E-state index contributed by atoms with van der Waals surface area (Å²) in [5.74, 6) is 1.18. The lowest BCUT2D eigenvalue weighted by molar-refractivity contribution is -0.134. The summed E-state index contributed by atoms with van der Waals surface area (Å²) in [4.78, 5) is 22.2. The molecule has 0 radical (unpaired) electrons. The lowest BCUT2D eigenvalue weighted by atomic mass is 10.1. The number of carbonyl (C=O) groups excluding carboxylic acids is 1. The number of hydrogen-bond donors (Lipinski definition) is 0. The first-order valence-corrected chi connectivity index (χ1v) is 12.7. The van der Waals surface area contributed by atoms with Gasteiger partial charge in [-0.15, -0.1) is 0 Å². The highest BCUT2D eigenvalue weighted by atomic mass is 79.9. The maximum atomic E-state index is 12.9. The largest absolute Gasteiger partial charge is 0.496 e. The first-order chi connectivity index (χ1) is 16.1. The van der Waals surface area contributed by atoms with Gasteiger partial charge < -0.3 is 14.5 Å². The molecular formula is C26H35BrN4O2. The van der Waals surface area contributed by atoms with Crippen molar-refractivity contribution in [3.05, 3.63) is 64.1 Å². The van der Waals surface area contributed by atoms with E-state index in [2.05, 4.69) is 67.0 Å². The molecule has 2 fully saturated rings. The predicted octanol–water partition coefficient (Wildman–Crippen LogP) is 2.96. The Hall–Kier alpha value is -1.93. The van der Waals surface area contributed by atoms with Crippen LogP contribution in [0.5, 0.6) is 5.75 Å². The fraction of sp³-hybridized carbons (Fsp3) is 0.500. The lowest BCUT2D eigenvalue weighted by Gasteiger charge is -2.38. The van der Waals surface area contributed by atoms with Crippen molar-refractivity contribution in [2.45, 2.75) is 13.0 Å². The van der Waals surface area contributed by atoms with Crippen LogP contribution in [0.25, 0.3) is 0 Å². The molecule has 2 aromatic rings. The topological polar surface area (TPSA) is 39.3 Å². The monoisotopic (exact) mass is 514 g/mol. The minimum absolute atomic E-state index is 0.269. The first-order valence-electron chi connectivity index (χ1n) is 11.9. The van der Waals surface area contributed by atoms with Crippen molar-refractivity contribution >= 4 is 21.8 Å². The first kappa shape index (κ1) is 24.2. The van der Waals surface area contributed by atoms with Gasteiger partial charge in [0.1, 0.15) is 5.75 Å². The molecule has 0 aliphatic carbocycles. The normalized spacial score (nSPS) is 18.4. The summed E-state index contributed by atoms with van der Waals surface area (Å²) < 4.78 is 6.60. The van der Waals surface area contributed by atoms with Crippen LogP contribution in [0, 0.1) is 0 Å². The number of rotatable bonds is 8. The van der Waals surface area contributed by atoms with E-state index in [0.717, 1.165) is 82.1 Å². The molecule has 0 unspecified atom stereocenters. The van der Waals surface area contributed by atoms with Gasteiger partial charge in [-0.1, -0.05) is 52.3 Å². The molecule has 0 atom stereocenters. The molecule has 0 N–H and O–H groups in total. The summed E-state index contributed by atoms with van der Waals surface area (Å²) in [6.45, 7) is 9.88. The quantitative estimate of drug-likeness (QED) is 0.541. The van der Waals surface area contributed by atoms with Gasteiger partial charge in [0.2, 0.25) is 5.91 Å². The van der Waals surface area contributed by atoms with Crippen molar-refractivity contribution in [1.82, 2.24) is 19.6 Å². The molecule has 2 heterocycles. The summed E-state index contributed by atoms with van der Waals surface area (Å²) in [6, 6.07) is 16.7. The van der Waals surface area contributed by atoms with Crippen molar-refractivity contribution in [2.75, 3.05) is 72.6 Å². The second-order valence-corrected chi connectivity index (χ2v) is 9.79. The fourth-order valence-electron chi connectivity index (χ4n) is 4.66. The van der Waals surface area contributed by atoms with Crippen LogP contribution in [0.15, 0.2) is 53.0 Å². The molecule has 7 heteroatoms. The molecule has 0 spiro atoms. The van der Waals surface area contributed by atoms with Crippen molar-refractivity contribution in [3.63, 3.8) is 0 Å². The number of ether oxygens (including phenoxy) is 1. The summed E-state index contributed by atoms with van der Waals surface area (Å²) in [5, 5.41) is 0. The minimum Gasteiger partial charge on any atom is -0.496 e. The van der Waals surface area contributed by atoms with Gasteiger partial charge in [0.05, 0.1) is 13.7 Å². The van der Waals surface area contributed by atoms with E-state index in [1.165, 1.54) is 11.1 Å². The predicted molar refractivity (Wildman–Crippen MR) is 136 cm³/mol. The lowest BCUT2D eigenvalue weighted by Crippen LogP contribution is -2.53. The van der Waals surface area contributed by atoms with E-state index in [4.69, 9.17) is 4.74 Å². The zero-order valence-corrected chi connectivity index (χ0v) is 21.2. The Kier molecular flexibility index (Phi) is 8.78. The summed E-state index contributed by atoms with van der Waals surface area (Å²) in [6.07, 6.45) is 1.09. The number of halogens is 1. The summed E-state index contributed by atoms with van der Waals surface area (Å²) >= 11 is 3.65. The Balaban J connectivity index is 1.16. The van der Waals surface area contributed by atoms with Crippen LogP contribution in [-0.2, 0) is 17.8 Å². The third-order valence-electron chi connectivity index (χ3n) is 6.79. The number of benzene rings is 2.